The van der Waals surface area contributed by atoms with Gasteiger partial charge >= 0.3 is 0 Å². The van der Waals surface area contributed by atoms with Gasteiger partial charge in [-0.1, -0.05) is 44.3 Å². The number of rotatable bonds is 4. The zero-order valence-electron chi connectivity index (χ0n) is 14.5. The molecule has 0 N–H and O–H groups in total. The predicted octanol–water partition coefficient (Wildman–Crippen LogP) is 6.85. The highest BCUT2D eigenvalue weighted by Crippen LogP contribution is 2.43. The third-order valence-electron chi connectivity index (χ3n) is 6.92. The molecule has 2 saturated carbocycles. The Labute approximate surface area is 136 Å². The van der Waals surface area contributed by atoms with Crippen LogP contribution in [0.2, 0.25) is 0 Å². The Morgan fingerprint density at radius 2 is 1.64 bits per heavy atom. The normalized spacial score (nSPS) is 40.3. The van der Waals surface area contributed by atoms with Crippen molar-refractivity contribution in [3.63, 3.8) is 0 Å². The molecule has 2 fully saturated rings. The molecule has 0 spiro atoms. The highest BCUT2D eigenvalue weighted by molar-refractivity contribution is 5.12. The van der Waals surface area contributed by atoms with Crippen LogP contribution in [0, 0.1) is 23.7 Å². The summed E-state index contributed by atoms with van der Waals surface area (Å²) < 4.78 is 13.3. The van der Waals surface area contributed by atoms with Crippen LogP contribution in [-0.4, -0.2) is 6.17 Å². The van der Waals surface area contributed by atoms with Crippen LogP contribution in [-0.2, 0) is 0 Å². The molecule has 0 heterocycles. The monoisotopic (exact) mass is 306 g/mol. The van der Waals surface area contributed by atoms with Crippen molar-refractivity contribution in [2.45, 2.75) is 96.6 Å². The summed E-state index contributed by atoms with van der Waals surface area (Å²) in [4.78, 5) is 0. The molecule has 0 aromatic heterocycles. The van der Waals surface area contributed by atoms with Gasteiger partial charge in [0.1, 0.15) is 6.17 Å². The first-order valence-corrected chi connectivity index (χ1v) is 10.1. The van der Waals surface area contributed by atoms with Crippen LogP contribution in [0.5, 0.6) is 0 Å². The van der Waals surface area contributed by atoms with Crippen LogP contribution >= 0.6 is 0 Å². The first-order chi connectivity index (χ1) is 10.8. The van der Waals surface area contributed by atoms with Gasteiger partial charge in [0.25, 0.3) is 0 Å². The fraction of sp³-hybridized carbons (Fsp3) is 0.905. The molecule has 1 atom stereocenters. The molecule has 22 heavy (non-hydrogen) atoms. The summed E-state index contributed by atoms with van der Waals surface area (Å²) in [6, 6.07) is 0. The van der Waals surface area contributed by atoms with Gasteiger partial charge in [-0.05, 0) is 81.5 Å². The van der Waals surface area contributed by atoms with E-state index in [0.29, 0.717) is 0 Å². The summed E-state index contributed by atoms with van der Waals surface area (Å²) >= 11 is 0. The van der Waals surface area contributed by atoms with Gasteiger partial charge in [-0.3, -0.25) is 0 Å². The molecule has 1 heteroatoms. The Morgan fingerprint density at radius 3 is 2.23 bits per heavy atom. The highest BCUT2D eigenvalue weighted by atomic mass is 19.1. The lowest BCUT2D eigenvalue weighted by atomic mass is 9.69. The van der Waals surface area contributed by atoms with Crippen molar-refractivity contribution < 1.29 is 4.39 Å². The van der Waals surface area contributed by atoms with Gasteiger partial charge in [0, 0.05) is 0 Å². The molecule has 0 radical (unpaired) electrons. The van der Waals surface area contributed by atoms with E-state index in [1.54, 1.807) is 5.57 Å². The summed E-state index contributed by atoms with van der Waals surface area (Å²) in [5.41, 5.74) is 1.70. The molecule has 0 bridgehead atoms. The summed E-state index contributed by atoms with van der Waals surface area (Å²) in [5, 5.41) is 0. The third-order valence-corrected chi connectivity index (χ3v) is 6.92. The smallest absolute Gasteiger partial charge is 0.100 e. The Hall–Kier alpha value is -0.330. The standard InChI is InChI=1S/C21H35F/c1-2-3-16-4-6-17(7-5-16)18-8-10-19(11-9-18)20-12-14-21(22)15-13-20/h10,16-18,20-21H,2-9,11-15H2,1H3. The van der Waals surface area contributed by atoms with Gasteiger partial charge < -0.3 is 0 Å². The topological polar surface area (TPSA) is 0 Å². The van der Waals surface area contributed by atoms with E-state index in [0.717, 1.165) is 49.4 Å². The first-order valence-electron chi connectivity index (χ1n) is 10.1. The maximum atomic E-state index is 13.3. The third kappa shape index (κ3) is 4.15. The quantitative estimate of drug-likeness (QED) is 0.498. The minimum absolute atomic E-state index is 0.508. The number of allylic oxidation sites excluding steroid dienone is 2. The molecule has 3 rings (SSSR count). The van der Waals surface area contributed by atoms with Crippen molar-refractivity contribution in [2.75, 3.05) is 0 Å². The summed E-state index contributed by atoms with van der Waals surface area (Å²) in [5.74, 6) is 3.73. The van der Waals surface area contributed by atoms with Gasteiger partial charge in [-0.25, -0.2) is 4.39 Å². The lowest BCUT2D eigenvalue weighted by Gasteiger charge is -2.37. The molecule has 0 aromatic rings. The second-order valence-electron chi connectivity index (χ2n) is 8.33. The Bertz CT molecular complexity index is 356. The number of halogens is 1. The molecule has 0 aromatic carbocycles. The molecular weight excluding hydrogens is 271 g/mol. The Balaban J connectivity index is 1.45. The average molecular weight is 307 g/mol. The summed E-state index contributed by atoms with van der Waals surface area (Å²) in [6.07, 6.45) is 18.8. The Kier molecular flexibility index (Phi) is 5.99. The number of alkyl halides is 1. The zero-order chi connectivity index (χ0) is 15.4. The van der Waals surface area contributed by atoms with Gasteiger partial charge in [-0.2, -0.15) is 0 Å². The van der Waals surface area contributed by atoms with E-state index in [1.807, 2.05) is 0 Å². The van der Waals surface area contributed by atoms with Gasteiger partial charge in [0.2, 0.25) is 0 Å². The molecule has 0 amide bonds. The van der Waals surface area contributed by atoms with Gasteiger partial charge in [0.05, 0.1) is 0 Å². The second kappa shape index (κ2) is 7.97. The van der Waals surface area contributed by atoms with Crippen LogP contribution in [0.15, 0.2) is 11.6 Å². The fourth-order valence-electron chi connectivity index (χ4n) is 5.45. The minimum Gasteiger partial charge on any atom is -0.247 e. The minimum atomic E-state index is -0.508. The van der Waals surface area contributed by atoms with E-state index in [-0.39, 0.29) is 0 Å². The Morgan fingerprint density at radius 1 is 0.909 bits per heavy atom. The fourth-order valence-corrected chi connectivity index (χ4v) is 5.45. The van der Waals surface area contributed by atoms with Crippen molar-refractivity contribution in [1.82, 2.24) is 0 Å². The molecule has 0 saturated heterocycles. The molecule has 3 aliphatic carbocycles. The van der Waals surface area contributed by atoms with Gasteiger partial charge in [-0.15, -0.1) is 0 Å². The number of hydrogen-bond acceptors (Lipinski definition) is 0. The lowest BCUT2D eigenvalue weighted by molar-refractivity contribution is 0.180. The average Bonchev–Trinajstić information content (AvgIpc) is 2.57. The second-order valence-corrected chi connectivity index (χ2v) is 8.33. The predicted molar refractivity (Wildman–Crippen MR) is 92.6 cm³/mol. The van der Waals surface area contributed by atoms with Crippen molar-refractivity contribution in [3.8, 4) is 0 Å². The van der Waals surface area contributed by atoms with E-state index in [9.17, 15) is 4.39 Å². The molecule has 126 valence electrons. The van der Waals surface area contributed by atoms with E-state index in [1.165, 1.54) is 57.8 Å². The molecule has 1 unspecified atom stereocenters. The van der Waals surface area contributed by atoms with Crippen LogP contribution in [0.4, 0.5) is 4.39 Å². The van der Waals surface area contributed by atoms with Crippen molar-refractivity contribution in [2.24, 2.45) is 23.7 Å². The maximum Gasteiger partial charge on any atom is 0.100 e. The summed E-state index contributed by atoms with van der Waals surface area (Å²) in [6.45, 7) is 2.33. The zero-order valence-corrected chi connectivity index (χ0v) is 14.5. The van der Waals surface area contributed by atoms with Crippen LogP contribution < -0.4 is 0 Å². The van der Waals surface area contributed by atoms with E-state index in [4.69, 9.17) is 0 Å². The largest absolute Gasteiger partial charge is 0.247 e. The molecule has 0 aliphatic heterocycles. The molecular formula is C21H35F. The summed E-state index contributed by atoms with van der Waals surface area (Å²) in [7, 11) is 0. The van der Waals surface area contributed by atoms with Crippen LogP contribution in [0.25, 0.3) is 0 Å². The first kappa shape index (κ1) is 16.5. The van der Waals surface area contributed by atoms with Crippen molar-refractivity contribution in [1.29, 1.82) is 0 Å². The number of hydrogen-bond donors (Lipinski definition) is 0. The van der Waals surface area contributed by atoms with Crippen LogP contribution in [0.3, 0.4) is 0 Å². The SMILES string of the molecule is CCCC1CCC(C2CC=C(C3CCC(F)CC3)CC2)CC1. The van der Waals surface area contributed by atoms with E-state index < -0.39 is 6.17 Å². The van der Waals surface area contributed by atoms with E-state index >= 15 is 0 Å². The van der Waals surface area contributed by atoms with Gasteiger partial charge in [0.15, 0.2) is 0 Å². The van der Waals surface area contributed by atoms with Crippen LogP contribution in [0.1, 0.15) is 90.4 Å². The molecule has 3 aliphatic rings. The van der Waals surface area contributed by atoms with Crippen molar-refractivity contribution in [3.05, 3.63) is 11.6 Å². The molecule has 0 nitrogen and oxygen atoms in total. The highest BCUT2D eigenvalue weighted by Gasteiger charge is 2.30. The van der Waals surface area contributed by atoms with Crippen molar-refractivity contribution >= 4 is 0 Å². The maximum absolute atomic E-state index is 13.3. The lowest BCUT2D eigenvalue weighted by Crippen LogP contribution is -2.25. The van der Waals surface area contributed by atoms with E-state index in [2.05, 4.69) is 13.0 Å².